The average Bonchev–Trinajstić information content (AvgIpc) is 3.29. The predicted molar refractivity (Wildman–Crippen MR) is 83.0 cm³/mol. The maximum Gasteiger partial charge on any atom is 0.206 e. The van der Waals surface area contributed by atoms with E-state index in [1.807, 2.05) is 26.0 Å². The quantitative estimate of drug-likeness (QED) is 0.795. The molecule has 116 valence electrons. The Kier molecular flexibility index (Phi) is 3.93. The van der Waals surface area contributed by atoms with E-state index < -0.39 is 9.84 Å². The second-order valence-electron chi connectivity index (χ2n) is 5.51. The number of rotatable bonds is 5. The molecule has 0 saturated carbocycles. The Balaban J connectivity index is 1.84. The third-order valence-corrected chi connectivity index (χ3v) is 5.52. The van der Waals surface area contributed by atoms with Gasteiger partial charge < -0.3 is 9.47 Å². The Morgan fingerprint density at radius 2 is 1.82 bits per heavy atom. The molecular formula is C17H18O4S. The van der Waals surface area contributed by atoms with Gasteiger partial charge in [-0.05, 0) is 49.7 Å². The number of aryl methyl sites for hydroxylation is 2. The van der Waals surface area contributed by atoms with Gasteiger partial charge in [-0.15, -0.1) is 0 Å². The van der Waals surface area contributed by atoms with Crippen molar-refractivity contribution in [3.63, 3.8) is 0 Å². The summed E-state index contributed by atoms with van der Waals surface area (Å²) in [4.78, 5) is 0.618. The summed E-state index contributed by atoms with van der Waals surface area (Å²) in [7, 11) is -3.50. The molecule has 0 N–H and O–H groups in total. The molecule has 1 saturated heterocycles. The van der Waals surface area contributed by atoms with E-state index in [9.17, 15) is 8.42 Å². The van der Waals surface area contributed by atoms with Gasteiger partial charge in [0, 0.05) is 0 Å². The Morgan fingerprint density at radius 1 is 1.14 bits per heavy atom. The monoisotopic (exact) mass is 318 g/mol. The van der Waals surface area contributed by atoms with Crippen LogP contribution in [0.25, 0.3) is 0 Å². The molecule has 0 spiro atoms. The summed E-state index contributed by atoms with van der Waals surface area (Å²) in [6.45, 7) is 4.99. The van der Waals surface area contributed by atoms with Gasteiger partial charge >= 0.3 is 0 Å². The fraction of sp³-hybridized carbons (Fsp3) is 0.294. The highest BCUT2D eigenvalue weighted by Crippen LogP contribution is 2.26. The van der Waals surface area contributed by atoms with Crippen LogP contribution < -0.4 is 4.74 Å². The number of benzene rings is 2. The molecule has 3 rings (SSSR count). The average molecular weight is 318 g/mol. The molecule has 1 fully saturated rings. The second-order valence-corrected chi connectivity index (χ2v) is 7.43. The first kappa shape index (κ1) is 15.1. The van der Waals surface area contributed by atoms with Crippen LogP contribution in [0.15, 0.2) is 52.3 Å². The lowest BCUT2D eigenvalue weighted by molar-refractivity contribution is 0.263. The maximum atomic E-state index is 12.7. The van der Waals surface area contributed by atoms with Crippen molar-refractivity contribution >= 4 is 9.84 Å². The SMILES string of the molecule is Cc1ccc(S(=O)(=O)c2ccc(OCC3CO3)cc2)c(C)c1. The largest absolute Gasteiger partial charge is 0.491 e. The van der Waals surface area contributed by atoms with E-state index in [4.69, 9.17) is 9.47 Å². The molecule has 2 aromatic rings. The lowest BCUT2D eigenvalue weighted by Crippen LogP contribution is -2.06. The zero-order valence-electron chi connectivity index (χ0n) is 12.6. The normalized spacial score (nSPS) is 17.3. The number of hydrogen-bond donors (Lipinski definition) is 0. The number of epoxide rings is 1. The number of hydrogen-bond acceptors (Lipinski definition) is 4. The van der Waals surface area contributed by atoms with Crippen LogP contribution in [0.5, 0.6) is 5.75 Å². The van der Waals surface area contributed by atoms with Crippen molar-refractivity contribution < 1.29 is 17.9 Å². The molecule has 0 amide bonds. The lowest BCUT2D eigenvalue weighted by Gasteiger charge is -2.10. The topological polar surface area (TPSA) is 55.9 Å². The van der Waals surface area contributed by atoms with Crippen molar-refractivity contribution in [2.24, 2.45) is 0 Å². The summed E-state index contributed by atoms with van der Waals surface area (Å²) >= 11 is 0. The van der Waals surface area contributed by atoms with E-state index in [2.05, 4.69) is 0 Å². The van der Waals surface area contributed by atoms with Gasteiger partial charge in [-0.25, -0.2) is 8.42 Å². The van der Waals surface area contributed by atoms with Gasteiger partial charge in [0.15, 0.2) is 0 Å². The number of ether oxygens (including phenoxy) is 2. The van der Waals surface area contributed by atoms with E-state index >= 15 is 0 Å². The summed E-state index contributed by atoms with van der Waals surface area (Å²) in [5.41, 5.74) is 1.80. The van der Waals surface area contributed by atoms with Gasteiger partial charge in [0.1, 0.15) is 18.5 Å². The van der Waals surface area contributed by atoms with Crippen molar-refractivity contribution in [1.29, 1.82) is 0 Å². The first-order valence-electron chi connectivity index (χ1n) is 7.13. The first-order valence-corrected chi connectivity index (χ1v) is 8.62. The molecule has 0 bridgehead atoms. The molecule has 1 atom stereocenters. The van der Waals surface area contributed by atoms with E-state index in [1.54, 1.807) is 30.3 Å². The smallest absolute Gasteiger partial charge is 0.206 e. The molecular weight excluding hydrogens is 300 g/mol. The van der Waals surface area contributed by atoms with Gasteiger partial charge in [-0.2, -0.15) is 0 Å². The van der Waals surface area contributed by atoms with Crippen LogP contribution in [-0.4, -0.2) is 27.7 Å². The van der Waals surface area contributed by atoms with Crippen LogP contribution in [0.1, 0.15) is 11.1 Å². The Bertz CT molecular complexity index is 775. The van der Waals surface area contributed by atoms with Gasteiger partial charge in [0.2, 0.25) is 9.84 Å². The fourth-order valence-electron chi connectivity index (χ4n) is 2.30. The predicted octanol–water partition coefficient (Wildman–Crippen LogP) is 2.91. The van der Waals surface area contributed by atoms with E-state index in [-0.39, 0.29) is 11.0 Å². The standard InChI is InChI=1S/C17H18O4S/c1-12-3-8-17(13(2)9-12)22(18,19)16-6-4-14(5-7-16)20-10-15-11-21-15/h3-9,15H,10-11H2,1-2H3. The molecule has 4 nitrogen and oxygen atoms in total. The second kappa shape index (κ2) is 5.74. The van der Waals surface area contributed by atoms with Crippen LogP contribution in [-0.2, 0) is 14.6 Å². The van der Waals surface area contributed by atoms with Crippen LogP contribution in [0.3, 0.4) is 0 Å². The Morgan fingerprint density at radius 3 is 2.41 bits per heavy atom. The fourth-order valence-corrected chi connectivity index (χ4v) is 3.77. The summed E-state index contributed by atoms with van der Waals surface area (Å²) in [6, 6.07) is 11.9. The van der Waals surface area contributed by atoms with Gasteiger partial charge in [0.05, 0.1) is 16.4 Å². The number of sulfone groups is 1. The molecule has 1 aliphatic rings. The van der Waals surface area contributed by atoms with Crippen molar-refractivity contribution in [3.05, 3.63) is 53.6 Å². The van der Waals surface area contributed by atoms with Crippen LogP contribution in [0.4, 0.5) is 0 Å². The molecule has 1 heterocycles. The minimum Gasteiger partial charge on any atom is -0.491 e. The van der Waals surface area contributed by atoms with Crippen molar-refractivity contribution in [2.45, 2.75) is 29.7 Å². The zero-order valence-corrected chi connectivity index (χ0v) is 13.4. The molecule has 1 aliphatic heterocycles. The molecule has 22 heavy (non-hydrogen) atoms. The molecule has 1 unspecified atom stereocenters. The Hall–Kier alpha value is -1.85. The van der Waals surface area contributed by atoms with Gasteiger partial charge in [-0.1, -0.05) is 17.7 Å². The van der Waals surface area contributed by atoms with Crippen LogP contribution >= 0.6 is 0 Å². The third-order valence-electron chi connectivity index (χ3n) is 3.59. The molecule has 0 aromatic heterocycles. The van der Waals surface area contributed by atoms with Gasteiger partial charge in [-0.3, -0.25) is 0 Å². The molecule has 5 heteroatoms. The molecule has 0 aliphatic carbocycles. The van der Waals surface area contributed by atoms with Crippen molar-refractivity contribution in [3.8, 4) is 5.75 Å². The van der Waals surface area contributed by atoms with Crippen molar-refractivity contribution in [1.82, 2.24) is 0 Å². The summed E-state index contributed by atoms with van der Waals surface area (Å²) in [5.74, 6) is 0.648. The van der Waals surface area contributed by atoms with Crippen molar-refractivity contribution in [2.75, 3.05) is 13.2 Å². The molecule has 0 radical (unpaired) electrons. The minimum absolute atomic E-state index is 0.179. The highest BCUT2D eigenvalue weighted by molar-refractivity contribution is 7.91. The van der Waals surface area contributed by atoms with E-state index in [0.717, 1.165) is 17.7 Å². The lowest BCUT2D eigenvalue weighted by atomic mass is 10.2. The summed E-state index contributed by atoms with van der Waals surface area (Å²) in [5, 5.41) is 0. The highest BCUT2D eigenvalue weighted by Gasteiger charge is 2.23. The summed E-state index contributed by atoms with van der Waals surface area (Å²) in [6.07, 6.45) is 0.179. The Labute approximate surface area is 130 Å². The van der Waals surface area contributed by atoms with Crippen LogP contribution in [0.2, 0.25) is 0 Å². The third kappa shape index (κ3) is 3.15. The van der Waals surface area contributed by atoms with Gasteiger partial charge in [0.25, 0.3) is 0 Å². The minimum atomic E-state index is -3.50. The highest BCUT2D eigenvalue weighted by atomic mass is 32.2. The first-order chi connectivity index (χ1) is 10.5. The van der Waals surface area contributed by atoms with E-state index in [1.165, 1.54) is 0 Å². The molecule has 2 aromatic carbocycles. The maximum absolute atomic E-state index is 12.7. The zero-order chi connectivity index (χ0) is 15.7. The van der Waals surface area contributed by atoms with Crippen LogP contribution in [0, 0.1) is 13.8 Å². The van der Waals surface area contributed by atoms with E-state index in [0.29, 0.717) is 17.3 Å². The summed E-state index contributed by atoms with van der Waals surface area (Å²) < 4.78 is 36.0.